The molecule has 17 heavy (non-hydrogen) atoms. The van der Waals surface area contributed by atoms with Gasteiger partial charge in [0.25, 0.3) is 0 Å². The number of nitrogens with zero attached hydrogens (tertiary/aromatic N) is 2. The van der Waals surface area contributed by atoms with E-state index in [2.05, 4.69) is 25.0 Å². The van der Waals surface area contributed by atoms with Crippen LogP contribution in [0.1, 0.15) is 50.9 Å². The van der Waals surface area contributed by atoms with Crippen molar-refractivity contribution in [3.05, 3.63) is 17.5 Å². The minimum absolute atomic E-state index is 0.177. The van der Waals surface area contributed by atoms with Crippen LogP contribution in [0.25, 0.3) is 0 Å². The Kier molecular flexibility index (Phi) is 4.21. The maximum absolute atomic E-state index is 10.3. The normalized spacial score (nSPS) is 18.8. The van der Waals surface area contributed by atoms with Gasteiger partial charge in [0.15, 0.2) is 0 Å². The Bertz CT molecular complexity index is 353. The largest absolute Gasteiger partial charge is 0.392 e. The number of rotatable bonds is 5. The average molecular weight is 236 g/mol. The SMILES string of the molecule is CCc1cc(CC(O)C2CCCC2)n(CC)n1. The van der Waals surface area contributed by atoms with Crippen LogP contribution in [0.15, 0.2) is 6.07 Å². The van der Waals surface area contributed by atoms with Gasteiger partial charge in [-0.2, -0.15) is 5.10 Å². The van der Waals surface area contributed by atoms with E-state index in [9.17, 15) is 5.11 Å². The van der Waals surface area contributed by atoms with Gasteiger partial charge in [0.05, 0.1) is 11.8 Å². The zero-order valence-corrected chi connectivity index (χ0v) is 11.0. The number of hydrogen-bond acceptors (Lipinski definition) is 2. The van der Waals surface area contributed by atoms with Gasteiger partial charge in [0.1, 0.15) is 0 Å². The molecule has 1 aliphatic carbocycles. The Balaban J connectivity index is 2.03. The van der Waals surface area contributed by atoms with Gasteiger partial charge in [-0.3, -0.25) is 4.68 Å². The van der Waals surface area contributed by atoms with E-state index >= 15 is 0 Å². The molecule has 0 aliphatic heterocycles. The van der Waals surface area contributed by atoms with Gasteiger partial charge < -0.3 is 5.11 Å². The van der Waals surface area contributed by atoms with Crippen LogP contribution in [0.2, 0.25) is 0 Å². The second-order valence-corrected chi connectivity index (χ2v) is 5.11. The summed E-state index contributed by atoms with van der Waals surface area (Å²) in [5.41, 5.74) is 2.34. The Morgan fingerprint density at radius 1 is 1.41 bits per heavy atom. The van der Waals surface area contributed by atoms with Crippen molar-refractivity contribution in [2.45, 2.75) is 65.0 Å². The summed E-state index contributed by atoms with van der Waals surface area (Å²) in [6.45, 7) is 5.13. The molecule has 1 atom stereocenters. The zero-order chi connectivity index (χ0) is 12.3. The van der Waals surface area contributed by atoms with Gasteiger partial charge in [-0.1, -0.05) is 19.8 Å². The Labute approximate surface area is 104 Å². The summed E-state index contributed by atoms with van der Waals surface area (Å²) in [6.07, 6.45) is 6.53. The van der Waals surface area contributed by atoms with Crippen molar-refractivity contribution in [3.63, 3.8) is 0 Å². The topological polar surface area (TPSA) is 38.0 Å². The predicted octanol–water partition coefficient (Wildman–Crippen LogP) is 2.56. The van der Waals surface area contributed by atoms with Gasteiger partial charge in [0, 0.05) is 18.7 Å². The first kappa shape index (κ1) is 12.6. The van der Waals surface area contributed by atoms with Gasteiger partial charge >= 0.3 is 0 Å². The highest BCUT2D eigenvalue weighted by Crippen LogP contribution is 2.29. The van der Waals surface area contributed by atoms with Crippen molar-refractivity contribution < 1.29 is 5.11 Å². The first-order chi connectivity index (χ1) is 8.24. The fourth-order valence-electron chi connectivity index (χ4n) is 2.85. The maximum atomic E-state index is 10.3. The molecule has 1 heterocycles. The minimum Gasteiger partial charge on any atom is -0.392 e. The summed E-state index contributed by atoms with van der Waals surface area (Å²) < 4.78 is 2.04. The van der Waals surface area contributed by atoms with E-state index < -0.39 is 0 Å². The molecule has 0 radical (unpaired) electrons. The third kappa shape index (κ3) is 2.89. The fraction of sp³-hybridized carbons (Fsp3) is 0.786. The number of aliphatic hydroxyl groups excluding tert-OH is 1. The average Bonchev–Trinajstić information content (AvgIpc) is 2.97. The van der Waals surface area contributed by atoms with Crippen LogP contribution in [0, 0.1) is 5.92 Å². The zero-order valence-electron chi connectivity index (χ0n) is 11.0. The number of hydrogen-bond donors (Lipinski definition) is 1. The van der Waals surface area contributed by atoms with E-state index in [4.69, 9.17) is 0 Å². The van der Waals surface area contributed by atoms with Crippen LogP contribution in [0.3, 0.4) is 0 Å². The van der Waals surface area contributed by atoms with Gasteiger partial charge in [-0.15, -0.1) is 0 Å². The summed E-state index contributed by atoms with van der Waals surface area (Å²) in [6, 6.07) is 2.15. The molecule has 2 rings (SSSR count). The molecular weight excluding hydrogens is 212 g/mol. The first-order valence-electron chi connectivity index (χ1n) is 6.98. The summed E-state index contributed by atoms with van der Waals surface area (Å²) in [7, 11) is 0. The summed E-state index contributed by atoms with van der Waals surface area (Å²) in [4.78, 5) is 0. The Hall–Kier alpha value is -0.830. The molecule has 0 saturated heterocycles. The van der Waals surface area contributed by atoms with Gasteiger partial charge in [-0.05, 0) is 38.2 Å². The molecule has 1 saturated carbocycles. The molecule has 0 bridgehead atoms. The molecule has 1 aromatic rings. The van der Waals surface area contributed by atoms with E-state index in [0.29, 0.717) is 5.92 Å². The lowest BCUT2D eigenvalue weighted by Crippen LogP contribution is -2.22. The van der Waals surface area contributed by atoms with E-state index in [1.165, 1.54) is 31.4 Å². The van der Waals surface area contributed by atoms with Crippen molar-refractivity contribution in [2.24, 2.45) is 5.92 Å². The molecule has 96 valence electrons. The van der Waals surface area contributed by atoms with Crippen molar-refractivity contribution in [1.82, 2.24) is 9.78 Å². The molecule has 1 N–H and O–H groups in total. The third-order valence-corrected chi connectivity index (χ3v) is 3.94. The molecule has 1 aliphatic rings. The van der Waals surface area contributed by atoms with Crippen molar-refractivity contribution in [3.8, 4) is 0 Å². The molecule has 1 aromatic heterocycles. The quantitative estimate of drug-likeness (QED) is 0.853. The van der Waals surface area contributed by atoms with Gasteiger partial charge in [0.2, 0.25) is 0 Å². The van der Waals surface area contributed by atoms with Crippen LogP contribution in [0.4, 0.5) is 0 Å². The monoisotopic (exact) mass is 236 g/mol. The van der Waals surface area contributed by atoms with Crippen LogP contribution in [-0.2, 0) is 19.4 Å². The van der Waals surface area contributed by atoms with Crippen LogP contribution in [0.5, 0.6) is 0 Å². The van der Waals surface area contributed by atoms with Gasteiger partial charge in [-0.25, -0.2) is 0 Å². The van der Waals surface area contributed by atoms with E-state index in [0.717, 1.165) is 25.1 Å². The molecule has 3 nitrogen and oxygen atoms in total. The molecule has 1 unspecified atom stereocenters. The lowest BCUT2D eigenvalue weighted by atomic mass is 9.97. The molecule has 0 spiro atoms. The van der Waals surface area contributed by atoms with Crippen molar-refractivity contribution in [2.75, 3.05) is 0 Å². The maximum Gasteiger partial charge on any atom is 0.0624 e. The van der Waals surface area contributed by atoms with Crippen LogP contribution >= 0.6 is 0 Å². The second kappa shape index (κ2) is 5.67. The van der Waals surface area contributed by atoms with E-state index in [1.54, 1.807) is 0 Å². The second-order valence-electron chi connectivity index (χ2n) is 5.11. The lowest BCUT2D eigenvalue weighted by Gasteiger charge is -2.17. The Morgan fingerprint density at radius 2 is 2.12 bits per heavy atom. The number of aromatic nitrogens is 2. The number of aryl methyl sites for hydroxylation is 2. The summed E-state index contributed by atoms with van der Waals surface area (Å²) in [5.74, 6) is 0.514. The smallest absolute Gasteiger partial charge is 0.0624 e. The molecule has 0 amide bonds. The molecule has 1 fully saturated rings. The van der Waals surface area contributed by atoms with E-state index in [1.807, 2.05) is 4.68 Å². The molecule has 0 aromatic carbocycles. The van der Waals surface area contributed by atoms with Crippen LogP contribution in [-0.4, -0.2) is 21.0 Å². The fourth-order valence-corrected chi connectivity index (χ4v) is 2.85. The summed E-state index contributed by atoms with van der Waals surface area (Å²) in [5, 5.41) is 14.8. The molecule has 3 heteroatoms. The summed E-state index contributed by atoms with van der Waals surface area (Å²) >= 11 is 0. The van der Waals surface area contributed by atoms with Crippen molar-refractivity contribution in [1.29, 1.82) is 0 Å². The lowest BCUT2D eigenvalue weighted by molar-refractivity contribution is 0.109. The standard InChI is InChI=1S/C14H24N2O/c1-3-12-9-13(16(4-2)15-12)10-14(17)11-7-5-6-8-11/h9,11,14,17H,3-8,10H2,1-2H3. The first-order valence-corrected chi connectivity index (χ1v) is 6.98. The highest BCUT2D eigenvalue weighted by atomic mass is 16.3. The van der Waals surface area contributed by atoms with Crippen LogP contribution < -0.4 is 0 Å². The highest BCUT2D eigenvalue weighted by molar-refractivity contribution is 5.11. The highest BCUT2D eigenvalue weighted by Gasteiger charge is 2.24. The number of aliphatic hydroxyl groups is 1. The Morgan fingerprint density at radius 3 is 2.71 bits per heavy atom. The molecular formula is C14H24N2O. The van der Waals surface area contributed by atoms with E-state index in [-0.39, 0.29) is 6.10 Å². The minimum atomic E-state index is -0.177. The predicted molar refractivity (Wildman–Crippen MR) is 68.9 cm³/mol. The third-order valence-electron chi connectivity index (χ3n) is 3.94. The van der Waals surface area contributed by atoms with Crippen molar-refractivity contribution >= 4 is 0 Å².